The summed E-state index contributed by atoms with van der Waals surface area (Å²) >= 11 is 0. The summed E-state index contributed by atoms with van der Waals surface area (Å²) in [4.78, 5) is 11.1. The molecule has 86 valence electrons. The predicted octanol–water partition coefficient (Wildman–Crippen LogP) is 0.870. The van der Waals surface area contributed by atoms with Crippen molar-refractivity contribution in [3.05, 3.63) is 0 Å². The Labute approximate surface area is 89.6 Å². The van der Waals surface area contributed by atoms with Gasteiger partial charge in [-0.05, 0) is 19.3 Å². The van der Waals surface area contributed by atoms with Crippen molar-refractivity contribution in [1.29, 1.82) is 0 Å². The molecule has 2 aliphatic rings. The molecule has 1 aliphatic carbocycles. The van der Waals surface area contributed by atoms with Crippen molar-refractivity contribution in [3.63, 3.8) is 0 Å². The smallest absolute Gasteiger partial charge is 0.308 e. The van der Waals surface area contributed by atoms with Gasteiger partial charge in [0.1, 0.15) is 0 Å². The third-order valence-corrected chi connectivity index (χ3v) is 3.89. The van der Waals surface area contributed by atoms with Crippen molar-refractivity contribution in [2.75, 3.05) is 13.7 Å². The lowest BCUT2D eigenvalue weighted by atomic mass is 9.76. The van der Waals surface area contributed by atoms with E-state index < -0.39 is 6.10 Å². The van der Waals surface area contributed by atoms with Crippen molar-refractivity contribution < 1.29 is 19.4 Å². The van der Waals surface area contributed by atoms with Gasteiger partial charge < -0.3 is 14.6 Å². The highest BCUT2D eigenvalue weighted by Crippen LogP contribution is 2.50. The Morgan fingerprint density at radius 1 is 1.67 bits per heavy atom. The predicted molar refractivity (Wildman–Crippen MR) is 53.3 cm³/mol. The lowest BCUT2D eigenvalue weighted by molar-refractivity contribution is -0.145. The Morgan fingerprint density at radius 2 is 2.47 bits per heavy atom. The summed E-state index contributed by atoms with van der Waals surface area (Å²) in [6.45, 7) is 0.711. The van der Waals surface area contributed by atoms with E-state index in [1.54, 1.807) is 0 Å². The number of aliphatic hydroxyl groups excluding tert-OH is 1. The van der Waals surface area contributed by atoms with Crippen molar-refractivity contribution >= 4 is 5.97 Å². The van der Waals surface area contributed by atoms with Crippen LogP contribution in [0.4, 0.5) is 0 Å². The summed E-state index contributed by atoms with van der Waals surface area (Å²) < 4.78 is 10.2. The maximum Gasteiger partial charge on any atom is 0.308 e. The van der Waals surface area contributed by atoms with E-state index in [2.05, 4.69) is 4.74 Å². The number of carbonyl (C=O) groups is 1. The van der Waals surface area contributed by atoms with E-state index in [9.17, 15) is 9.90 Å². The van der Waals surface area contributed by atoms with Gasteiger partial charge in [0.25, 0.3) is 0 Å². The Hall–Kier alpha value is -0.610. The minimum atomic E-state index is -0.611. The number of hydrogen-bond donors (Lipinski definition) is 1. The molecule has 15 heavy (non-hydrogen) atoms. The quantitative estimate of drug-likeness (QED) is 0.708. The largest absolute Gasteiger partial charge is 0.469 e. The van der Waals surface area contributed by atoms with Gasteiger partial charge in [-0.15, -0.1) is 0 Å². The second-order valence-corrected chi connectivity index (χ2v) is 4.53. The number of hydrogen-bond acceptors (Lipinski definition) is 4. The molecule has 1 saturated carbocycles. The number of fused-ring (bicyclic) bond motifs is 1. The van der Waals surface area contributed by atoms with Gasteiger partial charge in [-0.25, -0.2) is 0 Å². The molecule has 1 aliphatic heterocycles. The highest BCUT2D eigenvalue weighted by Gasteiger charge is 2.52. The van der Waals surface area contributed by atoms with Crippen LogP contribution in [0.2, 0.25) is 0 Å². The molecule has 2 fully saturated rings. The second-order valence-electron chi connectivity index (χ2n) is 4.53. The summed E-state index contributed by atoms with van der Waals surface area (Å²) in [6.07, 6.45) is 3.57. The van der Waals surface area contributed by atoms with Crippen LogP contribution in [0.5, 0.6) is 0 Å². The third kappa shape index (κ3) is 1.76. The number of methoxy groups -OCH3 is 1. The van der Waals surface area contributed by atoms with Gasteiger partial charge in [0.2, 0.25) is 0 Å². The Kier molecular flexibility index (Phi) is 2.98. The molecular formula is C11H18O4. The van der Waals surface area contributed by atoms with Crippen LogP contribution < -0.4 is 0 Å². The zero-order valence-corrected chi connectivity index (χ0v) is 9.07. The first-order valence-electron chi connectivity index (χ1n) is 5.55. The Bertz CT molecular complexity index is 241. The normalized spacial score (nSPS) is 36.3. The summed E-state index contributed by atoms with van der Waals surface area (Å²) in [6, 6.07) is 0. The average molecular weight is 214 g/mol. The lowest BCUT2D eigenvalue weighted by Crippen LogP contribution is -2.39. The summed E-state index contributed by atoms with van der Waals surface area (Å²) in [7, 11) is 1.35. The molecular weight excluding hydrogens is 196 g/mol. The molecule has 2 rings (SSSR count). The first-order chi connectivity index (χ1) is 7.19. The van der Waals surface area contributed by atoms with Gasteiger partial charge in [-0.2, -0.15) is 0 Å². The van der Waals surface area contributed by atoms with Crippen molar-refractivity contribution in [1.82, 2.24) is 0 Å². The van der Waals surface area contributed by atoms with E-state index in [0.29, 0.717) is 6.61 Å². The minimum Gasteiger partial charge on any atom is -0.469 e. The number of carbonyl (C=O) groups excluding carboxylic acids is 1. The molecule has 4 heteroatoms. The Balaban J connectivity index is 2.04. The van der Waals surface area contributed by atoms with Gasteiger partial charge in [0.15, 0.2) is 0 Å². The van der Waals surface area contributed by atoms with E-state index >= 15 is 0 Å². The molecule has 0 aromatic heterocycles. The third-order valence-electron chi connectivity index (χ3n) is 3.89. The van der Waals surface area contributed by atoms with Crippen molar-refractivity contribution in [2.24, 2.45) is 5.41 Å². The first-order valence-corrected chi connectivity index (χ1v) is 5.55. The summed E-state index contributed by atoms with van der Waals surface area (Å²) in [5.74, 6) is -0.338. The maximum atomic E-state index is 11.1. The molecule has 0 aromatic rings. The zero-order valence-electron chi connectivity index (χ0n) is 9.07. The second kappa shape index (κ2) is 4.10. The van der Waals surface area contributed by atoms with E-state index in [1.807, 2.05) is 0 Å². The van der Waals surface area contributed by atoms with Gasteiger partial charge in [-0.1, -0.05) is 6.42 Å². The van der Waals surface area contributed by atoms with E-state index in [0.717, 1.165) is 25.7 Å². The van der Waals surface area contributed by atoms with Crippen LogP contribution in [0, 0.1) is 5.41 Å². The molecule has 0 aromatic carbocycles. The van der Waals surface area contributed by atoms with E-state index in [1.165, 1.54) is 7.11 Å². The van der Waals surface area contributed by atoms with Crippen LogP contribution >= 0.6 is 0 Å². The van der Waals surface area contributed by atoms with Gasteiger partial charge in [0.05, 0.1) is 25.7 Å². The summed E-state index contributed by atoms with van der Waals surface area (Å²) in [5.41, 5.74) is -0.172. The highest BCUT2D eigenvalue weighted by atomic mass is 16.5. The van der Waals surface area contributed by atoms with Gasteiger partial charge in [0, 0.05) is 12.0 Å². The summed E-state index contributed by atoms with van der Waals surface area (Å²) in [5, 5.41) is 10.1. The first kappa shape index (κ1) is 10.9. The molecule has 1 N–H and O–H groups in total. The van der Waals surface area contributed by atoms with Crippen LogP contribution in [0.1, 0.15) is 32.1 Å². The molecule has 1 heterocycles. The fraction of sp³-hybridized carbons (Fsp3) is 0.909. The molecule has 0 amide bonds. The van der Waals surface area contributed by atoms with Crippen LogP contribution in [-0.4, -0.2) is 37.0 Å². The van der Waals surface area contributed by atoms with Crippen molar-refractivity contribution in [3.8, 4) is 0 Å². The number of esters is 1. The topological polar surface area (TPSA) is 55.8 Å². The molecule has 0 radical (unpaired) electrons. The SMILES string of the molecule is COC(=O)C[C@@H](O)C12CCC[C@H]1OCC2. The molecule has 1 unspecified atom stereocenters. The monoisotopic (exact) mass is 214 g/mol. The van der Waals surface area contributed by atoms with Gasteiger partial charge >= 0.3 is 5.97 Å². The number of aliphatic hydroxyl groups is 1. The fourth-order valence-electron chi connectivity index (χ4n) is 2.98. The lowest BCUT2D eigenvalue weighted by Gasteiger charge is -2.32. The van der Waals surface area contributed by atoms with Crippen LogP contribution in [-0.2, 0) is 14.3 Å². The standard InChI is InChI=1S/C11H18O4/c1-14-10(13)7-8(12)11-4-2-3-9(11)15-6-5-11/h8-9,12H,2-7H2,1H3/t8-,9-,11?/m1/s1. The van der Waals surface area contributed by atoms with Crippen LogP contribution in [0.3, 0.4) is 0 Å². The fourth-order valence-corrected chi connectivity index (χ4v) is 2.98. The van der Waals surface area contributed by atoms with Crippen molar-refractivity contribution in [2.45, 2.75) is 44.3 Å². The highest BCUT2D eigenvalue weighted by molar-refractivity contribution is 5.69. The molecule has 3 atom stereocenters. The van der Waals surface area contributed by atoms with Gasteiger partial charge in [-0.3, -0.25) is 4.79 Å². The number of rotatable bonds is 3. The molecule has 1 saturated heterocycles. The van der Waals surface area contributed by atoms with E-state index in [-0.39, 0.29) is 23.9 Å². The number of ether oxygens (including phenoxy) is 2. The minimum absolute atomic E-state index is 0.0936. The molecule has 0 bridgehead atoms. The zero-order chi connectivity index (χ0) is 10.9. The Morgan fingerprint density at radius 3 is 3.20 bits per heavy atom. The van der Waals surface area contributed by atoms with E-state index in [4.69, 9.17) is 4.74 Å². The molecule has 0 spiro atoms. The molecule has 4 nitrogen and oxygen atoms in total. The van der Waals surface area contributed by atoms with Crippen LogP contribution in [0.25, 0.3) is 0 Å². The average Bonchev–Trinajstić information content (AvgIpc) is 2.75. The van der Waals surface area contributed by atoms with Crippen LogP contribution in [0.15, 0.2) is 0 Å². The maximum absolute atomic E-state index is 11.1.